The number of hydrogen-bond acceptors (Lipinski definition) is 5. The molecule has 0 N–H and O–H groups in total. The molecule has 1 saturated heterocycles. The molecule has 0 unspecified atom stereocenters. The summed E-state index contributed by atoms with van der Waals surface area (Å²) in [4.78, 5) is 17.0. The van der Waals surface area contributed by atoms with Crippen molar-refractivity contribution in [1.82, 2.24) is 4.90 Å². The van der Waals surface area contributed by atoms with Gasteiger partial charge in [0.15, 0.2) is 15.9 Å². The Morgan fingerprint density at radius 1 is 1.19 bits per heavy atom. The number of carbonyl (C=O) groups excluding carboxylic acids is 1. The maximum Gasteiger partial charge on any atom is 0.263 e. The average Bonchev–Trinajstić information content (AvgIpc) is 3.08. The van der Waals surface area contributed by atoms with E-state index in [-0.39, 0.29) is 23.5 Å². The zero-order valence-corrected chi connectivity index (χ0v) is 19.9. The lowest BCUT2D eigenvalue weighted by Crippen LogP contribution is -2.46. The fourth-order valence-corrected chi connectivity index (χ4v) is 5.53. The van der Waals surface area contributed by atoms with E-state index in [9.17, 15) is 13.2 Å². The molecule has 2 aromatic rings. The molecule has 3 rings (SSSR count). The molecule has 0 radical (unpaired) electrons. The highest BCUT2D eigenvalue weighted by Gasteiger charge is 2.36. The molecule has 0 saturated carbocycles. The van der Waals surface area contributed by atoms with Gasteiger partial charge in [-0.15, -0.1) is 0 Å². The van der Waals surface area contributed by atoms with Crippen LogP contribution in [0, 0.1) is 6.92 Å². The summed E-state index contributed by atoms with van der Waals surface area (Å²) < 4.78 is 30.1. The molecule has 0 aromatic heterocycles. The molecule has 1 aliphatic rings. The largest absolute Gasteiger partial charge is 0.481 e. The molecule has 1 fully saturated rings. The Labute approximate surface area is 189 Å². The van der Waals surface area contributed by atoms with Gasteiger partial charge in [-0.2, -0.15) is 0 Å². The van der Waals surface area contributed by atoms with Crippen molar-refractivity contribution in [2.45, 2.75) is 39.0 Å². The maximum absolute atomic E-state index is 13.3. The summed E-state index contributed by atoms with van der Waals surface area (Å²) in [5.41, 5.74) is 2.86. The predicted molar refractivity (Wildman–Crippen MR) is 125 cm³/mol. The predicted octanol–water partition coefficient (Wildman–Crippen LogP) is 3.70. The number of nitrogens with zero attached hydrogens (tertiary/aromatic N) is 2. The number of halogens is 1. The van der Waals surface area contributed by atoms with Crippen LogP contribution < -0.4 is 9.64 Å². The minimum Gasteiger partial charge on any atom is -0.481 e. The van der Waals surface area contributed by atoms with E-state index in [0.717, 1.165) is 16.8 Å². The molecule has 6 nitrogen and oxygen atoms in total. The van der Waals surface area contributed by atoms with E-state index in [4.69, 9.17) is 16.3 Å². The summed E-state index contributed by atoms with van der Waals surface area (Å²) in [7, 11) is 0.793. The minimum atomic E-state index is -3.14. The van der Waals surface area contributed by atoms with Crippen LogP contribution in [-0.4, -0.2) is 57.0 Å². The average molecular weight is 465 g/mol. The number of sulfone groups is 1. The normalized spacial score (nSPS) is 18.4. The van der Waals surface area contributed by atoms with Crippen LogP contribution in [0.5, 0.6) is 5.75 Å². The van der Waals surface area contributed by atoms with E-state index < -0.39 is 15.9 Å². The molecule has 0 bridgehead atoms. The molecule has 31 heavy (non-hydrogen) atoms. The second-order valence-corrected chi connectivity index (χ2v) is 10.9. The zero-order chi connectivity index (χ0) is 22.8. The summed E-state index contributed by atoms with van der Waals surface area (Å²) in [6, 6.07) is 12.8. The molecule has 1 heterocycles. The van der Waals surface area contributed by atoms with Crippen molar-refractivity contribution in [3.8, 4) is 5.75 Å². The first-order valence-electron chi connectivity index (χ1n) is 10.3. The van der Waals surface area contributed by atoms with Gasteiger partial charge >= 0.3 is 0 Å². The van der Waals surface area contributed by atoms with E-state index >= 15 is 0 Å². The fourth-order valence-electron chi connectivity index (χ4n) is 3.68. The molecular formula is C23H29ClN2O4S. The highest BCUT2D eigenvalue weighted by atomic mass is 35.5. The Kier molecular flexibility index (Phi) is 7.17. The number of amides is 1. The van der Waals surface area contributed by atoms with Crippen molar-refractivity contribution in [2.24, 2.45) is 0 Å². The zero-order valence-electron chi connectivity index (χ0n) is 18.3. The van der Waals surface area contributed by atoms with Gasteiger partial charge in [0.25, 0.3) is 5.91 Å². The van der Waals surface area contributed by atoms with E-state index in [2.05, 4.69) is 0 Å². The standard InChI is InChI=1S/C23H29ClN2O4S/c1-16-13-21(9-10-22(16)24)30-17(2)23(27)26(20-11-12-31(28,29)15-20)14-18-5-7-19(8-6-18)25(3)4/h5-10,13,17,20H,11-12,14-15H2,1-4H3/t17-,20+/m1/s1. The second-order valence-electron chi connectivity index (χ2n) is 8.25. The highest BCUT2D eigenvalue weighted by Crippen LogP contribution is 2.25. The van der Waals surface area contributed by atoms with Crippen LogP contribution in [0.25, 0.3) is 0 Å². The van der Waals surface area contributed by atoms with Crippen molar-refractivity contribution < 1.29 is 17.9 Å². The van der Waals surface area contributed by atoms with Crippen LogP contribution in [0.2, 0.25) is 5.02 Å². The molecule has 0 spiro atoms. The van der Waals surface area contributed by atoms with Crippen LogP contribution >= 0.6 is 11.6 Å². The summed E-state index contributed by atoms with van der Waals surface area (Å²) in [6.07, 6.45) is -0.318. The third-order valence-electron chi connectivity index (χ3n) is 5.53. The Hall–Kier alpha value is -2.25. The number of benzene rings is 2. The van der Waals surface area contributed by atoms with Crippen LogP contribution in [-0.2, 0) is 21.2 Å². The smallest absolute Gasteiger partial charge is 0.263 e. The van der Waals surface area contributed by atoms with E-state index in [0.29, 0.717) is 23.7 Å². The van der Waals surface area contributed by atoms with E-state index in [1.54, 1.807) is 30.0 Å². The van der Waals surface area contributed by atoms with Gasteiger partial charge in [-0.1, -0.05) is 23.7 Å². The van der Waals surface area contributed by atoms with Crippen molar-refractivity contribution in [2.75, 3.05) is 30.5 Å². The molecule has 2 aromatic carbocycles. The van der Waals surface area contributed by atoms with Crippen molar-refractivity contribution in [3.63, 3.8) is 0 Å². The summed E-state index contributed by atoms with van der Waals surface area (Å²) in [5.74, 6) is 0.414. The molecule has 8 heteroatoms. The topological polar surface area (TPSA) is 66.9 Å². The Bertz CT molecular complexity index is 1040. The van der Waals surface area contributed by atoms with Gasteiger partial charge in [-0.05, 0) is 61.7 Å². The Balaban J connectivity index is 1.80. The third-order valence-corrected chi connectivity index (χ3v) is 7.70. The van der Waals surface area contributed by atoms with Crippen LogP contribution in [0.4, 0.5) is 5.69 Å². The van der Waals surface area contributed by atoms with Gasteiger partial charge in [0.2, 0.25) is 0 Å². The van der Waals surface area contributed by atoms with Gasteiger partial charge in [0, 0.05) is 37.4 Å². The molecule has 1 amide bonds. The van der Waals surface area contributed by atoms with Gasteiger partial charge in [0.05, 0.1) is 11.5 Å². The number of rotatable bonds is 7. The third kappa shape index (κ3) is 5.92. The highest BCUT2D eigenvalue weighted by molar-refractivity contribution is 7.91. The second kappa shape index (κ2) is 9.49. The Morgan fingerprint density at radius 2 is 1.87 bits per heavy atom. The van der Waals surface area contributed by atoms with E-state index in [1.165, 1.54) is 0 Å². The van der Waals surface area contributed by atoms with Crippen LogP contribution in [0.15, 0.2) is 42.5 Å². The molecule has 2 atom stereocenters. The first-order valence-corrected chi connectivity index (χ1v) is 12.5. The van der Waals surface area contributed by atoms with Crippen LogP contribution in [0.1, 0.15) is 24.5 Å². The van der Waals surface area contributed by atoms with Crippen molar-refractivity contribution >= 4 is 33.0 Å². The molecule has 0 aliphatic carbocycles. The number of anilines is 1. The summed E-state index contributed by atoms with van der Waals surface area (Å²) in [5, 5.41) is 0.630. The fraction of sp³-hybridized carbons (Fsp3) is 0.435. The van der Waals surface area contributed by atoms with Gasteiger partial charge < -0.3 is 14.5 Å². The first-order chi connectivity index (χ1) is 14.6. The number of aryl methyl sites for hydroxylation is 1. The quantitative estimate of drug-likeness (QED) is 0.625. The van der Waals surface area contributed by atoms with E-state index in [1.807, 2.05) is 50.2 Å². The number of ether oxygens (including phenoxy) is 1. The Morgan fingerprint density at radius 3 is 2.42 bits per heavy atom. The number of hydrogen-bond donors (Lipinski definition) is 0. The lowest BCUT2D eigenvalue weighted by atomic mass is 10.1. The minimum absolute atomic E-state index is 0.0126. The lowest BCUT2D eigenvalue weighted by molar-refractivity contribution is -0.140. The lowest BCUT2D eigenvalue weighted by Gasteiger charge is -2.31. The maximum atomic E-state index is 13.3. The van der Waals surface area contributed by atoms with Crippen molar-refractivity contribution in [3.05, 3.63) is 58.6 Å². The molecule has 1 aliphatic heterocycles. The molecular weight excluding hydrogens is 436 g/mol. The first kappa shape index (κ1) is 23.4. The van der Waals surface area contributed by atoms with Gasteiger partial charge in [0.1, 0.15) is 5.75 Å². The monoisotopic (exact) mass is 464 g/mol. The SMILES string of the molecule is Cc1cc(O[C@H](C)C(=O)N(Cc2ccc(N(C)C)cc2)[C@H]2CCS(=O)(=O)C2)ccc1Cl. The summed E-state index contributed by atoms with van der Waals surface area (Å²) >= 11 is 6.07. The molecule has 168 valence electrons. The van der Waals surface area contributed by atoms with Gasteiger partial charge in [-0.25, -0.2) is 8.42 Å². The van der Waals surface area contributed by atoms with Gasteiger partial charge in [-0.3, -0.25) is 4.79 Å². The van der Waals surface area contributed by atoms with Crippen molar-refractivity contribution in [1.29, 1.82) is 0 Å². The summed E-state index contributed by atoms with van der Waals surface area (Å²) in [6.45, 7) is 3.90. The van der Waals surface area contributed by atoms with Crippen LogP contribution in [0.3, 0.4) is 0 Å². The number of carbonyl (C=O) groups is 1.